The molecule has 0 heterocycles. The van der Waals surface area contributed by atoms with Gasteiger partial charge in [-0.25, -0.2) is 0 Å². The zero-order valence-electron chi connectivity index (χ0n) is 19.1. The van der Waals surface area contributed by atoms with Gasteiger partial charge in [-0.15, -0.1) is 0 Å². The molecule has 0 amide bonds. The molecule has 3 nitrogen and oxygen atoms in total. The molecule has 0 aliphatic heterocycles. The van der Waals surface area contributed by atoms with Crippen molar-refractivity contribution in [2.75, 3.05) is 0 Å². The molecule has 0 saturated carbocycles. The van der Waals surface area contributed by atoms with Crippen molar-refractivity contribution in [3.05, 3.63) is 146 Å². The van der Waals surface area contributed by atoms with Gasteiger partial charge < -0.3 is 13.9 Å². The van der Waals surface area contributed by atoms with E-state index in [4.69, 9.17) is 13.9 Å². The fraction of sp³-hybridized carbons (Fsp3) is 0. The Kier molecular flexibility index (Phi) is 9.45. The number of benzene rings is 5. The van der Waals surface area contributed by atoms with Crippen molar-refractivity contribution >= 4 is 27.8 Å². The van der Waals surface area contributed by atoms with Gasteiger partial charge in [0.1, 0.15) is 11.5 Å². The van der Waals surface area contributed by atoms with Crippen molar-refractivity contribution < 1.29 is 13.9 Å². The maximum absolute atomic E-state index is 8.92. The molecule has 174 valence electrons. The molecule has 5 aromatic carbocycles. The van der Waals surface area contributed by atoms with Crippen molar-refractivity contribution in [3.8, 4) is 22.6 Å². The highest BCUT2D eigenvalue weighted by Gasteiger charge is 2.16. The van der Waals surface area contributed by atoms with E-state index >= 15 is 0 Å². The Balaban J connectivity index is 0.000000201. The maximum Gasteiger partial charge on any atom is 0.212 e. The summed E-state index contributed by atoms with van der Waals surface area (Å²) in [5.74, 6) is 1.32. The molecular weight excluding hydrogens is 470 g/mol. The topological polar surface area (TPSA) is 38.7 Å². The van der Waals surface area contributed by atoms with Gasteiger partial charge in [0.25, 0.3) is 0 Å². The van der Waals surface area contributed by atoms with Gasteiger partial charge >= 0.3 is 0 Å². The van der Waals surface area contributed by atoms with E-state index in [-0.39, 0.29) is 0 Å². The van der Waals surface area contributed by atoms with E-state index < -0.39 is 17.2 Å². The summed E-state index contributed by atoms with van der Waals surface area (Å²) in [5, 5.41) is 2.29. The zero-order valence-corrected chi connectivity index (χ0v) is 21.0. The first kappa shape index (κ1) is 24.6. The Morgan fingerprint density at radius 3 is 1.37 bits per heavy atom. The van der Waals surface area contributed by atoms with Gasteiger partial charge in [-0.1, -0.05) is 127 Å². The smallest absolute Gasteiger partial charge is 0.212 e. The first-order chi connectivity index (χ1) is 17.3. The number of hydrogen-bond donors (Lipinski definition) is 1. The minimum absolute atomic E-state index is 0.577. The van der Waals surface area contributed by atoms with Gasteiger partial charge in [0.15, 0.2) is 8.15 Å². The lowest BCUT2D eigenvalue weighted by Crippen LogP contribution is -2.15. The first-order valence-electron chi connectivity index (χ1n) is 11.2. The third kappa shape index (κ3) is 7.50. The van der Waals surface area contributed by atoms with Crippen LogP contribution in [0.4, 0.5) is 0 Å². The molecule has 0 radical (unpaired) electrons. The summed E-state index contributed by atoms with van der Waals surface area (Å²) in [7, 11) is -1.54. The molecule has 0 spiro atoms. The van der Waals surface area contributed by atoms with Crippen molar-refractivity contribution in [3.63, 3.8) is 0 Å². The third-order valence-electron chi connectivity index (χ3n) is 5.03. The summed E-state index contributed by atoms with van der Waals surface area (Å²) < 4.78 is 11.4. The Morgan fingerprint density at radius 1 is 0.486 bits per heavy atom. The van der Waals surface area contributed by atoms with Crippen LogP contribution in [0, 0.1) is 0 Å². The Hall–Kier alpha value is -3.48. The van der Waals surface area contributed by atoms with E-state index in [0.717, 1.165) is 16.4 Å². The molecule has 5 rings (SSSR count). The van der Waals surface area contributed by atoms with Gasteiger partial charge in [-0.05, 0) is 23.3 Å². The summed E-state index contributed by atoms with van der Waals surface area (Å²) >= 11 is 0. The highest BCUT2D eigenvalue weighted by Crippen LogP contribution is 2.38. The van der Waals surface area contributed by atoms with Crippen LogP contribution >= 0.6 is 17.2 Å². The lowest BCUT2D eigenvalue weighted by molar-refractivity contribution is 0.512. The van der Waals surface area contributed by atoms with Crippen LogP contribution in [-0.2, 0) is 0 Å². The molecule has 0 aromatic heterocycles. The average molecular weight is 496 g/mol. The standard InChI is InChI=1S/C18H16O3P2.C12H10/c19-22-20-15-8-7-9-16(14-15)21-23(17-10-3-1-4-11-17)18-12-5-2-6-13-18;1-3-7-11(8-4-1)12-9-5-2-6-10-12/h1-14,19,22H;1-10H. The van der Waals surface area contributed by atoms with Crippen LogP contribution in [-0.4, -0.2) is 4.89 Å². The largest absolute Gasteiger partial charge is 0.464 e. The fourth-order valence-corrected chi connectivity index (χ4v) is 5.35. The fourth-order valence-electron chi connectivity index (χ4n) is 3.40. The second-order valence-electron chi connectivity index (χ2n) is 7.46. The van der Waals surface area contributed by atoms with Gasteiger partial charge in [0, 0.05) is 16.7 Å². The number of rotatable bonds is 7. The van der Waals surface area contributed by atoms with E-state index in [1.165, 1.54) is 11.1 Å². The Bertz CT molecular complexity index is 1190. The molecule has 0 fully saturated rings. The van der Waals surface area contributed by atoms with Crippen molar-refractivity contribution in [1.29, 1.82) is 0 Å². The molecular formula is C30H26O3P2. The van der Waals surface area contributed by atoms with Gasteiger partial charge in [-0.3, -0.25) is 0 Å². The molecule has 1 N–H and O–H groups in total. The summed E-state index contributed by atoms with van der Waals surface area (Å²) in [5.41, 5.74) is 2.55. The normalized spacial score (nSPS) is 10.6. The highest BCUT2D eigenvalue weighted by atomic mass is 31.1. The number of hydrogen-bond acceptors (Lipinski definition) is 3. The zero-order chi connectivity index (χ0) is 24.1. The molecule has 0 aliphatic rings. The molecule has 35 heavy (non-hydrogen) atoms. The second-order valence-corrected chi connectivity index (χ2v) is 9.65. The van der Waals surface area contributed by atoms with Crippen LogP contribution in [0.3, 0.4) is 0 Å². The molecule has 0 saturated heterocycles. The SMILES string of the molecule is OPOc1cccc(OP(c2ccccc2)c2ccccc2)c1.c1ccc(-c2ccccc2)cc1. The molecule has 5 aromatic rings. The van der Waals surface area contributed by atoms with Crippen molar-refractivity contribution in [1.82, 2.24) is 0 Å². The monoisotopic (exact) mass is 496 g/mol. The Morgan fingerprint density at radius 2 is 0.914 bits per heavy atom. The van der Waals surface area contributed by atoms with E-state index in [1.54, 1.807) is 12.1 Å². The summed E-state index contributed by atoms with van der Waals surface area (Å²) in [6.07, 6.45) is 0. The van der Waals surface area contributed by atoms with E-state index in [9.17, 15) is 0 Å². The van der Waals surface area contributed by atoms with Crippen molar-refractivity contribution in [2.45, 2.75) is 0 Å². The molecule has 5 heteroatoms. The molecule has 0 bridgehead atoms. The average Bonchev–Trinajstić information content (AvgIpc) is 2.94. The van der Waals surface area contributed by atoms with Crippen LogP contribution in [0.2, 0.25) is 0 Å². The minimum Gasteiger partial charge on any atom is -0.464 e. The van der Waals surface area contributed by atoms with Crippen LogP contribution in [0.5, 0.6) is 11.5 Å². The second kappa shape index (κ2) is 13.4. The van der Waals surface area contributed by atoms with E-state index in [0.29, 0.717) is 5.75 Å². The Labute approximate surface area is 209 Å². The maximum atomic E-state index is 8.92. The summed E-state index contributed by atoms with van der Waals surface area (Å²) in [6.45, 7) is 0. The first-order valence-corrected chi connectivity index (χ1v) is 13.3. The summed E-state index contributed by atoms with van der Waals surface area (Å²) in [4.78, 5) is 8.92. The molecule has 0 aliphatic carbocycles. The molecule has 1 unspecified atom stereocenters. The van der Waals surface area contributed by atoms with Crippen molar-refractivity contribution in [2.24, 2.45) is 0 Å². The minimum atomic E-state index is -0.965. The lowest BCUT2D eigenvalue weighted by atomic mass is 10.1. The highest BCUT2D eigenvalue weighted by molar-refractivity contribution is 7.68. The van der Waals surface area contributed by atoms with Crippen LogP contribution < -0.4 is 19.7 Å². The molecule has 1 atom stereocenters. The van der Waals surface area contributed by atoms with Crippen LogP contribution in [0.1, 0.15) is 0 Å². The summed E-state index contributed by atoms with van der Waals surface area (Å²) in [6, 6.07) is 48.5. The quantitative estimate of drug-likeness (QED) is 0.240. The predicted octanol–water partition coefficient (Wildman–Crippen LogP) is 7.35. The van der Waals surface area contributed by atoms with E-state index in [2.05, 4.69) is 72.8 Å². The third-order valence-corrected chi connectivity index (χ3v) is 7.28. The van der Waals surface area contributed by atoms with Gasteiger partial charge in [0.05, 0.1) is 0 Å². The van der Waals surface area contributed by atoms with Gasteiger partial charge in [-0.2, -0.15) is 0 Å². The lowest BCUT2D eigenvalue weighted by Gasteiger charge is -2.19. The van der Waals surface area contributed by atoms with Gasteiger partial charge in [0.2, 0.25) is 9.03 Å². The van der Waals surface area contributed by atoms with E-state index in [1.807, 2.05) is 60.7 Å². The van der Waals surface area contributed by atoms with Crippen LogP contribution in [0.15, 0.2) is 146 Å². The predicted molar refractivity (Wildman–Crippen MR) is 149 cm³/mol. The van der Waals surface area contributed by atoms with Crippen LogP contribution in [0.25, 0.3) is 11.1 Å².